The lowest BCUT2D eigenvalue weighted by Gasteiger charge is -2.26. The van der Waals surface area contributed by atoms with Crippen LogP contribution in [0.3, 0.4) is 0 Å². The first kappa shape index (κ1) is 24.8. The highest BCUT2D eigenvalue weighted by Gasteiger charge is 2.26. The van der Waals surface area contributed by atoms with E-state index in [1.165, 1.54) is 28.6 Å². The molecule has 0 spiro atoms. The minimum atomic E-state index is -3.53. The third-order valence-corrected chi connectivity index (χ3v) is 7.41. The summed E-state index contributed by atoms with van der Waals surface area (Å²) >= 11 is 0. The number of hydrogen-bond acceptors (Lipinski definition) is 6. The zero-order chi connectivity index (χ0) is 24.7. The Morgan fingerprint density at radius 1 is 1.03 bits per heavy atom. The highest BCUT2D eigenvalue weighted by Crippen LogP contribution is 2.21. The predicted octanol–water partition coefficient (Wildman–Crippen LogP) is 3.28. The van der Waals surface area contributed by atoms with E-state index in [9.17, 15) is 17.6 Å². The van der Waals surface area contributed by atoms with Gasteiger partial charge >= 0.3 is 0 Å². The molecule has 0 bridgehead atoms. The second-order valence-corrected chi connectivity index (χ2v) is 9.93. The normalized spacial score (nSPS) is 14.4. The Morgan fingerprint density at radius 3 is 2.46 bits per heavy atom. The Labute approximate surface area is 203 Å². The minimum Gasteiger partial charge on any atom is -0.439 e. The summed E-state index contributed by atoms with van der Waals surface area (Å²) in [5.41, 5.74) is 1.68. The number of halogens is 1. The van der Waals surface area contributed by atoms with Gasteiger partial charge in [-0.15, -0.1) is 0 Å². The van der Waals surface area contributed by atoms with Gasteiger partial charge in [0, 0.05) is 38.3 Å². The molecule has 0 saturated carbocycles. The Hall–Kier alpha value is -3.34. The number of benzene rings is 2. The molecule has 0 unspecified atom stereocenters. The molecule has 1 aromatic heterocycles. The quantitative estimate of drug-likeness (QED) is 0.485. The van der Waals surface area contributed by atoms with E-state index in [4.69, 9.17) is 9.47 Å². The third-order valence-electron chi connectivity index (χ3n) is 5.50. The molecule has 1 aliphatic heterocycles. The molecule has 2 heterocycles. The summed E-state index contributed by atoms with van der Waals surface area (Å²) in [5.74, 6) is 0.322. The van der Waals surface area contributed by atoms with Crippen LogP contribution in [0.5, 0.6) is 11.6 Å². The van der Waals surface area contributed by atoms with Crippen LogP contribution in [0.2, 0.25) is 0 Å². The van der Waals surface area contributed by atoms with Crippen molar-refractivity contribution in [1.82, 2.24) is 14.6 Å². The number of ether oxygens (including phenoxy) is 2. The second-order valence-electron chi connectivity index (χ2n) is 8.00. The minimum absolute atomic E-state index is 0.132. The van der Waals surface area contributed by atoms with Crippen molar-refractivity contribution >= 4 is 15.9 Å². The van der Waals surface area contributed by atoms with Crippen molar-refractivity contribution in [3.8, 4) is 11.6 Å². The zero-order valence-electron chi connectivity index (χ0n) is 19.0. The molecule has 1 fully saturated rings. The largest absolute Gasteiger partial charge is 0.439 e. The monoisotopic (exact) mass is 499 g/mol. The average molecular weight is 500 g/mol. The summed E-state index contributed by atoms with van der Waals surface area (Å²) in [5, 5.41) is 2.86. The lowest BCUT2D eigenvalue weighted by molar-refractivity contribution is -0.121. The lowest BCUT2D eigenvalue weighted by atomic mass is 10.1. The molecule has 4 rings (SSSR count). The summed E-state index contributed by atoms with van der Waals surface area (Å²) in [4.78, 5) is 16.7. The van der Waals surface area contributed by atoms with Crippen LogP contribution in [0.25, 0.3) is 0 Å². The molecule has 10 heteroatoms. The van der Waals surface area contributed by atoms with Crippen molar-refractivity contribution in [2.75, 3.05) is 26.3 Å². The number of carbonyl (C=O) groups is 1. The second kappa shape index (κ2) is 11.4. The lowest BCUT2D eigenvalue weighted by Crippen LogP contribution is -2.40. The number of morpholine rings is 1. The molecule has 0 aliphatic carbocycles. The number of nitrogens with zero attached hydrogens (tertiary/aromatic N) is 2. The molecule has 0 atom stereocenters. The standard InChI is InChI=1S/C25H26FN3O5S/c26-21-4-6-22(7-5-21)34-25-17-20(11-12-27-25)18-28-24(30)10-3-19-1-8-23(9-2-19)35(31,32)29-13-15-33-16-14-29/h1-2,4-9,11-12,17H,3,10,13-16,18H2,(H,28,30). The number of pyridine rings is 1. The van der Waals surface area contributed by atoms with Crippen molar-refractivity contribution in [3.05, 3.63) is 83.8 Å². The van der Waals surface area contributed by atoms with Gasteiger partial charge in [-0.3, -0.25) is 4.79 Å². The molecular weight excluding hydrogens is 473 g/mol. The van der Waals surface area contributed by atoms with E-state index in [0.29, 0.717) is 50.9 Å². The highest BCUT2D eigenvalue weighted by atomic mass is 32.2. The number of amides is 1. The van der Waals surface area contributed by atoms with E-state index in [-0.39, 0.29) is 23.0 Å². The maximum absolute atomic E-state index is 13.0. The number of sulfonamides is 1. The highest BCUT2D eigenvalue weighted by molar-refractivity contribution is 7.89. The van der Waals surface area contributed by atoms with Crippen LogP contribution in [-0.4, -0.2) is 49.9 Å². The van der Waals surface area contributed by atoms with Crippen LogP contribution >= 0.6 is 0 Å². The first-order chi connectivity index (χ1) is 16.9. The van der Waals surface area contributed by atoms with Gasteiger partial charge in [0.2, 0.25) is 21.8 Å². The van der Waals surface area contributed by atoms with Gasteiger partial charge in [0.05, 0.1) is 18.1 Å². The molecule has 3 aromatic rings. The maximum Gasteiger partial charge on any atom is 0.243 e. The number of hydrogen-bond donors (Lipinski definition) is 1. The van der Waals surface area contributed by atoms with Crippen molar-refractivity contribution in [2.45, 2.75) is 24.3 Å². The molecule has 1 saturated heterocycles. The van der Waals surface area contributed by atoms with Crippen LogP contribution in [0, 0.1) is 5.82 Å². The predicted molar refractivity (Wildman–Crippen MR) is 127 cm³/mol. The summed E-state index contributed by atoms with van der Waals surface area (Å²) in [6.07, 6.45) is 2.32. The summed E-state index contributed by atoms with van der Waals surface area (Å²) < 4.78 is 50.7. The van der Waals surface area contributed by atoms with E-state index >= 15 is 0 Å². The number of aryl methyl sites for hydroxylation is 1. The smallest absolute Gasteiger partial charge is 0.243 e. The van der Waals surface area contributed by atoms with Crippen LogP contribution in [0.15, 0.2) is 71.8 Å². The molecule has 8 nitrogen and oxygen atoms in total. The molecule has 1 N–H and O–H groups in total. The third kappa shape index (κ3) is 6.84. The molecule has 2 aromatic carbocycles. The van der Waals surface area contributed by atoms with Crippen LogP contribution < -0.4 is 10.1 Å². The van der Waals surface area contributed by atoms with E-state index < -0.39 is 10.0 Å². The van der Waals surface area contributed by atoms with E-state index in [1.807, 2.05) is 0 Å². The van der Waals surface area contributed by atoms with Crippen LogP contribution in [0.1, 0.15) is 17.5 Å². The van der Waals surface area contributed by atoms with Gasteiger partial charge in [-0.1, -0.05) is 12.1 Å². The van der Waals surface area contributed by atoms with Crippen molar-refractivity contribution in [2.24, 2.45) is 0 Å². The molecular formula is C25H26FN3O5S. The summed E-state index contributed by atoms with van der Waals surface area (Å²) in [6, 6.07) is 15.7. The Kier molecular flexibility index (Phi) is 8.06. The Bertz CT molecular complexity index is 1240. The van der Waals surface area contributed by atoms with Gasteiger partial charge in [0.15, 0.2) is 0 Å². The van der Waals surface area contributed by atoms with E-state index in [1.54, 1.807) is 42.6 Å². The number of carbonyl (C=O) groups excluding carboxylic acids is 1. The fraction of sp³-hybridized carbons (Fsp3) is 0.280. The maximum atomic E-state index is 13.0. The molecule has 1 amide bonds. The van der Waals surface area contributed by atoms with E-state index in [2.05, 4.69) is 10.3 Å². The molecule has 1 aliphatic rings. The first-order valence-electron chi connectivity index (χ1n) is 11.2. The topological polar surface area (TPSA) is 97.8 Å². The molecule has 184 valence electrons. The summed E-state index contributed by atoms with van der Waals surface area (Å²) in [7, 11) is -3.53. The number of aromatic nitrogens is 1. The van der Waals surface area contributed by atoms with Gasteiger partial charge in [0.1, 0.15) is 11.6 Å². The molecule has 35 heavy (non-hydrogen) atoms. The average Bonchev–Trinajstić information content (AvgIpc) is 2.88. The van der Waals surface area contributed by atoms with Gasteiger partial charge in [-0.25, -0.2) is 17.8 Å². The van der Waals surface area contributed by atoms with Crippen LogP contribution in [0.4, 0.5) is 4.39 Å². The number of rotatable bonds is 9. The van der Waals surface area contributed by atoms with Gasteiger partial charge in [-0.2, -0.15) is 4.31 Å². The van der Waals surface area contributed by atoms with E-state index in [0.717, 1.165) is 11.1 Å². The SMILES string of the molecule is O=C(CCc1ccc(S(=O)(=O)N2CCOCC2)cc1)NCc1ccnc(Oc2ccc(F)cc2)c1. The zero-order valence-corrected chi connectivity index (χ0v) is 19.8. The fourth-order valence-electron chi connectivity index (χ4n) is 3.55. The van der Waals surface area contributed by atoms with Crippen molar-refractivity contribution in [3.63, 3.8) is 0 Å². The van der Waals surface area contributed by atoms with Crippen LogP contribution in [-0.2, 0) is 32.5 Å². The number of nitrogens with one attached hydrogen (secondary N) is 1. The van der Waals surface area contributed by atoms with Gasteiger partial charge in [-0.05, 0) is 60.0 Å². The van der Waals surface area contributed by atoms with Gasteiger partial charge < -0.3 is 14.8 Å². The summed E-state index contributed by atoms with van der Waals surface area (Å²) in [6.45, 7) is 1.80. The van der Waals surface area contributed by atoms with Crippen molar-refractivity contribution in [1.29, 1.82) is 0 Å². The Balaban J connectivity index is 1.25. The fourth-order valence-corrected chi connectivity index (χ4v) is 4.96. The van der Waals surface area contributed by atoms with Crippen molar-refractivity contribution < 1.29 is 27.1 Å². The van der Waals surface area contributed by atoms with Gasteiger partial charge in [0.25, 0.3) is 0 Å². The first-order valence-corrected chi connectivity index (χ1v) is 12.7. The molecule has 0 radical (unpaired) electrons. The Morgan fingerprint density at radius 2 is 1.74 bits per heavy atom.